The molecule has 1 saturated carbocycles. The third-order valence-electron chi connectivity index (χ3n) is 5.47. The summed E-state index contributed by atoms with van der Waals surface area (Å²) in [7, 11) is 0. The minimum absolute atomic E-state index is 0.147. The van der Waals surface area contributed by atoms with E-state index in [1.54, 1.807) is 13.8 Å². The number of carbonyl (C=O) groups is 3. The van der Waals surface area contributed by atoms with E-state index in [1.807, 2.05) is 24.3 Å². The van der Waals surface area contributed by atoms with Crippen molar-refractivity contribution in [3.05, 3.63) is 45.6 Å². The number of fused-ring (bicyclic) bond motifs is 1. The second kappa shape index (κ2) is 7.92. The molecule has 148 valence electrons. The molecule has 1 fully saturated rings. The van der Waals surface area contributed by atoms with Crippen molar-refractivity contribution in [1.82, 2.24) is 4.98 Å². The molecule has 0 aliphatic heterocycles. The highest BCUT2D eigenvalue weighted by atomic mass is 16.6. The number of nitrogens with one attached hydrogen (secondary N) is 1. The number of nitro groups is 1. The van der Waals surface area contributed by atoms with Crippen LogP contribution in [0, 0.1) is 34.8 Å². The van der Waals surface area contributed by atoms with Gasteiger partial charge in [0.1, 0.15) is 5.78 Å². The maximum atomic E-state index is 12.6. The number of para-hydroxylation sites is 1. The largest absolute Gasteiger partial charge is 0.457 e. The molecule has 1 aromatic carbocycles. The number of hydrogen-bond donors (Lipinski definition) is 1. The molecule has 8 nitrogen and oxygen atoms in total. The fourth-order valence-corrected chi connectivity index (χ4v) is 4.09. The van der Waals surface area contributed by atoms with Crippen LogP contribution in [-0.2, 0) is 14.3 Å². The van der Waals surface area contributed by atoms with Gasteiger partial charge in [0.2, 0.25) is 12.3 Å². The lowest BCUT2D eigenvalue weighted by Gasteiger charge is -2.16. The van der Waals surface area contributed by atoms with Crippen LogP contribution in [0.2, 0.25) is 0 Å². The first-order chi connectivity index (χ1) is 13.3. The van der Waals surface area contributed by atoms with E-state index in [9.17, 15) is 24.5 Å². The molecule has 1 aliphatic carbocycles. The second-order valence-electron chi connectivity index (χ2n) is 7.39. The number of carbonyl (C=O) groups excluding carboxylic acids is 3. The maximum absolute atomic E-state index is 12.6. The van der Waals surface area contributed by atoms with Crippen molar-refractivity contribution in [2.24, 2.45) is 17.8 Å². The van der Waals surface area contributed by atoms with Gasteiger partial charge in [0.25, 0.3) is 0 Å². The minimum atomic E-state index is -0.724. The topological polar surface area (TPSA) is 119 Å². The first-order valence-corrected chi connectivity index (χ1v) is 9.18. The number of H-pyrrole nitrogens is 1. The molecule has 1 heterocycles. The molecule has 0 spiro atoms. The van der Waals surface area contributed by atoms with Gasteiger partial charge in [0, 0.05) is 45.3 Å². The number of Topliss-reactive ketones (excluding diaryl/α,β-unsaturated/α-hetero) is 2. The average Bonchev–Trinajstić information content (AvgIpc) is 3.09. The molecule has 0 radical (unpaired) electrons. The van der Waals surface area contributed by atoms with Crippen LogP contribution >= 0.6 is 0 Å². The second-order valence-corrected chi connectivity index (χ2v) is 7.39. The summed E-state index contributed by atoms with van der Waals surface area (Å²) in [5, 5.41) is 11.6. The highest BCUT2D eigenvalue weighted by Gasteiger charge is 2.44. The predicted octanol–water partition coefficient (Wildman–Crippen LogP) is 2.71. The summed E-state index contributed by atoms with van der Waals surface area (Å²) >= 11 is 0. The average molecular weight is 386 g/mol. The van der Waals surface area contributed by atoms with Crippen molar-refractivity contribution in [2.45, 2.75) is 26.7 Å². The van der Waals surface area contributed by atoms with Gasteiger partial charge in [-0.15, -0.1) is 0 Å². The monoisotopic (exact) mass is 386 g/mol. The fraction of sp³-hybridized carbons (Fsp3) is 0.450. The van der Waals surface area contributed by atoms with Crippen LogP contribution in [0.3, 0.4) is 0 Å². The van der Waals surface area contributed by atoms with Crippen LogP contribution in [0.25, 0.3) is 10.9 Å². The number of rotatable bonds is 7. The number of esters is 1. The molecule has 0 amide bonds. The number of hydrogen-bond acceptors (Lipinski definition) is 6. The Kier molecular flexibility index (Phi) is 5.58. The predicted molar refractivity (Wildman–Crippen MR) is 101 cm³/mol. The van der Waals surface area contributed by atoms with Crippen LogP contribution in [0.15, 0.2) is 24.3 Å². The van der Waals surface area contributed by atoms with E-state index < -0.39 is 29.3 Å². The molecular formula is C20H22N2O6. The number of nitrogens with zero attached hydrogens (tertiary/aromatic N) is 1. The van der Waals surface area contributed by atoms with Gasteiger partial charge in [-0.1, -0.05) is 25.1 Å². The Hall–Kier alpha value is -3.03. The van der Waals surface area contributed by atoms with Gasteiger partial charge in [-0.05, 0) is 18.9 Å². The van der Waals surface area contributed by atoms with Crippen molar-refractivity contribution in [3.63, 3.8) is 0 Å². The van der Waals surface area contributed by atoms with E-state index in [2.05, 4.69) is 4.98 Å². The van der Waals surface area contributed by atoms with Gasteiger partial charge in [0.05, 0.1) is 6.42 Å². The van der Waals surface area contributed by atoms with Crippen LogP contribution in [0.1, 0.15) is 35.8 Å². The van der Waals surface area contributed by atoms with Gasteiger partial charge in [-0.2, -0.15) is 0 Å². The summed E-state index contributed by atoms with van der Waals surface area (Å²) in [6.45, 7) is 2.77. The third kappa shape index (κ3) is 3.95. The quantitative estimate of drug-likeness (QED) is 0.338. The normalized spacial score (nSPS) is 21.8. The standard InChI is InChI=1S/C20H22N2O6/c1-11-7-17(23)14(15(11)9-22(26)27)8-19(25)28-10-18(24)20-12(2)21-16-6-4-3-5-13(16)20/h3-6,11,14-15,21H,7-10H2,1-2H3/t11-,14+,15-/m1/s1. The zero-order valence-corrected chi connectivity index (χ0v) is 15.8. The van der Waals surface area contributed by atoms with Crippen LogP contribution in [0.5, 0.6) is 0 Å². The molecule has 0 bridgehead atoms. The molecule has 0 unspecified atom stereocenters. The molecule has 3 rings (SSSR count). The van der Waals surface area contributed by atoms with Crippen molar-refractivity contribution in [2.75, 3.05) is 13.2 Å². The molecule has 1 aliphatic rings. The van der Waals surface area contributed by atoms with Crippen molar-refractivity contribution in [3.8, 4) is 0 Å². The minimum Gasteiger partial charge on any atom is -0.457 e. The molecule has 0 saturated heterocycles. The van der Waals surface area contributed by atoms with E-state index >= 15 is 0 Å². The Morgan fingerprint density at radius 3 is 2.75 bits per heavy atom. The van der Waals surface area contributed by atoms with E-state index in [1.165, 1.54) is 0 Å². The van der Waals surface area contributed by atoms with Gasteiger partial charge >= 0.3 is 5.97 Å². The lowest BCUT2D eigenvalue weighted by atomic mass is 9.88. The smallest absolute Gasteiger partial charge is 0.306 e. The van der Waals surface area contributed by atoms with Crippen LogP contribution < -0.4 is 0 Å². The first kappa shape index (κ1) is 19.7. The number of aromatic amines is 1. The van der Waals surface area contributed by atoms with E-state index in [0.29, 0.717) is 11.3 Å². The molecule has 3 atom stereocenters. The number of aromatic nitrogens is 1. The Morgan fingerprint density at radius 1 is 1.32 bits per heavy atom. The van der Waals surface area contributed by atoms with Crippen LogP contribution in [0.4, 0.5) is 0 Å². The van der Waals surface area contributed by atoms with Gasteiger partial charge in [0.15, 0.2) is 6.61 Å². The molecule has 1 N–H and O–H groups in total. The first-order valence-electron chi connectivity index (χ1n) is 9.18. The van der Waals surface area contributed by atoms with Gasteiger partial charge in [-0.3, -0.25) is 24.5 Å². The molecule has 28 heavy (non-hydrogen) atoms. The fourth-order valence-electron chi connectivity index (χ4n) is 4.09. The maximum Gasteiger partial charge on any atom is 0.306 e. The summed E-state index contributed by atoms with van der Waals surface area (Å²) < 4.78 is 5.11. The summed E-state index contributed by atoms with van der Waals surface area (Å²) in [5.41, 5.74) is 1.98. The van der Waals surface area contributed by atoms with E-state index in [0.717, 1.165) is 10.9 Å². The molecule has 2 aromatic rings. The van der Waals surface area contributed by atoms with Gasteiger partial charge < -0.3 is 9.72 Å². The summed E-state index contributed by atoms with van der Waals surface area (Å²) in [5.74, 6) is -2.54. The SMILES string of the molecule is Cc1[nH]c2ccccc2c1C(=O)COC(=O)C[C@@H]1C(=O)C[C@@H](C)[C@H]1C[N+](=O)[O-]. The lowest BCUT2D eigenvalue weighted by Crippen LogP contribution is -2.28. The Bertz CT molecular complexity index is 947. The van der Waals surface area contributed by atoms with E-state index in [-0.39, 0.29) is 36.9 Å². The Morgan fingerprint density at radius 2 is 2.04 bits per heavy atom. The summed E-state index contributed by atoms with van der Waals surface area (Å²) in [6, 6.07) is 7.34. The van der Waals surface area contributed by atoms with Crippen molar-refractivity contribution < 1.29 is 24.0 Å². The summed E-state index contributed by atoms with van der Waals surface area (Å²) in [4.78, 5) is 50.4. The number of ether oxygens (including phenoxy) is 1. The highest BCUT2D eigenvalue weighted by Crippen LogP contribution is 2.36. The highest BCUT2D eigenvalue weighted by molar-refractivity contribution is 6.10. The molecule has 8 heteroatoms. The van der Waals surface area contributed by atoms with Crippen molar-refractivity contribution >= 4 is 28.4 Å². The lowest BCUT2D eigenvalue weighted by molar-refractivity contribution is -0.490. The molecule has 1 aromatic heterocycles. The number of benzene rings is 1. The Labute approximate surface area is 161 Å². The Balaban J connectivity index is 1.63. The number of aryl methyl sites for hydroxylation is 1. The summed E-state index contributed by atoms with van der Waals surface area (Å²) in [6.07, 6.45) is -0.00819. The molecular weight excluding hydrogens is 364 g/mol. The van der Waals surface area contributed by atoms with Crippen molar-refractivity contribution in [1.29, 1.82) is 0 Å². The zero-order valence-electron chi connectivity index (χ0n) is 15.8. The zero-order chi connectivity index (χ0) is 20.4. The third-order valence-corrected chi connectivity index (χ3v) is 5.47. The van der Waals surface area contributed by atoms with Crippen LogP contribution in [-0.4, -0.2) is 40.6 Å². The van der Waals surface area contributed by atoms with E-state index in [4.69, 9.17) is 4.74 Å². The van der Waals surface area contributed by atoms with Gasteiger partial charge in [-0.25, -0.2) is 0 Å². The number of ketones is 2.